The Labute approximate surface area is 118 Å². The van der Waals surface area contributed by atoms with Crippen molar-refractivity contribution in [1.29, 1.82) is 0 Å². The van der Waals surface area contributed by atoms with Crippen molar-refractivity contribution in [3.05, 3.63) is 70.8 Å². The molecule has 0 aliphatic heterocycles. The number of nitrogens with two attached hydrogens (primary N) is 1. The van der Waals surface area contributed by atoms with Crippen LogP contribution in [0.1, 0.15) is 16.7 Å². The smallest absolute Gasteiger partial charge is 0.126 e. The van der Waals surface area contributed by atoms with Crippen LogP contribution in [0, 0.1) is 24.5 Å². The fourth-order valence-corrected chi connectivity index (χ4v) is 2.41. The van der Waals surface area contributed by atoms with Crippen molar-refractivity contribution >= 4 is 0 Å². The Morgan fingerprint density at radius 1 is 1.00 bits per heavy atom. The molecule has 2 aromatic carbocycles. The van der Waals surface area contributed by atoms with Crippen molar-refractivity contribution < 1.29 is 8.78 Å². The van der Waals surface area contributed by atoms with E-state index >= 15 is 0 Å². The molecule has 0 saturated carbocycles. The van der Waals surface area contributed by atoms with E-state index in [-0.39, 0.29) is 17.6 Å². The lowest BCUT2D eigenvalue weighted by Gasteiger charge is -2.17. The highest BCUT2D eigenvalue weighted by molar-refractivity contribution is 5.27. The summed E-state index contributed by atoms with van der Waals surface area (Å²) in [7, 11) is 0. The van der Waals surface area contributed by atoms with E-state index in [1.807, 2.05) is 13.0 Å². The molecular weight excluding hydrogens is 256 g/mol. The van der Waals surface area contributed by atoms with Crippen LogP contribution in [0.2, 0.25) is 0 Å². The molecule has 2 N–H and O–H groups in total. The van der Waals surface area contributed by atoms with Gasteiger partial charge in [0.2, 0.25) is 0 Å². The molecule has 1 nitrogen and oxygen atoms in total. The van der Waals surface area contributed by atoms with Gasteiger partial charge in [0, 0.05) is 0 Å². The van der Waals surface area contributed by atoms with Crippen molar-refractivity contribution in [2.24, 2.45) is 11.7 Å². The molecule has 0 amide bonds. The molecule has 3 heteroatoms. The van der Waals surface area contributed by atoms with E-state index in [0.717, 1.165) is 17.5 Å². The van der Waals surface area contributed by atoms with E-state index < -0.39 is 0 Å². The van der Waals surface area contributed by atoms with Gasteiger partial charge in [0.05, 0.1) is 0 Å². The summed E-state index contributed by atoms with van der Waals surface area (Å²) in [6.45, 7) is 2.36. The van der Waals surface area contributed by atoms with Crippen LogP contribution in [0.15, 0.2) is 42.5 Å². The largest absolute Gasteiger partial charge is 0.330 e. The van der Waals surface area contributed by atoms with E-state index in [2.05, 4.69) is 0 Å². The molecule has 2 rings (SSSR count). The molecule has 0 radical (unpaired) electrons. The number of rotatable bonds is 5. The molecule has 20 heavy (non-hydrogen) atoms. The highest BCUT2D eigenvalue weighted by Crippen LogP contribution is 2.19. The maximum atomic E-state index is 13.7. The average molecular weight is 275 g/mol. The molecule has 106 valence electrons. The molecule has 0 aliphatic rings. The summed E-state index contributed by atoms with van der Waals surface area (Å²) in [5.41, 5.74) is 8.47. The Morgan fingerprint density at radius 2 is 1.70 bits per heavy atom. The Kier molecular flexibility index (Phi) is 4.85. The van der Waals surface area contributed by atoms with Gasteiger partial charge >= 0.3 is 0 Å². The Balaban J connectivity index is 2.11. The summed E-state index contributed by atoms with van der Waals surface area (Å²) in [6, 6.07) is 11.5. The van der Waals surface area contributed by atoms with E-state index in [9.17, 15) is 8.78 Å². The first-order valence-corrected chi connectivity index (χ1v) is 6.78. The normalized spacial score (nSPS) is 12.4. The SMILES string of the molecule is Cc1cc(F)ccc1CC(CN)Cc1ccccc1F. The first-order valence-electron chi connectivity index (χ1n) is 6.78. The minimum atomic E-state index is -0.232. The van der Waals surface area contributed by atoms with Gasteiger partial charge in [0.15, 0.2) is 0 Å². The molecular formula is C17H19F2N. The van der Waals surface area contributed by atoms with Crippen LogP contribution >= 0.6 is 0 Å². The minimum Gasteiger partial charge on any atom is -0.330 e. The lowest BCUT2D eigenvalue weighted by atomic mass is 9.90. The summed E-state index contributed by atoms with van der Waals surface area (Å²) in [4.78, 5) is 0. The Morgan fingerprint density at radius 3 is 2.35 bits per heavy atom. The second kappa shape index (κ2) is 6.62. The number of hydrogen-bond acceptors (Lipinski definition) is 1. The highest BCUT2D eigenvalue weighted by Gasteiger charge is 2.13. The van der Waals surface area contributed by atoms with Gasteiger partial charge in [0.1, 0.15) is 11.6 Å². The molecule has 1 unspecified atom stereocenters. The zero-order chi connectivity index (χ0) is 14.5. The maximum absolute atomic E-state index is 13.7. The predicted molar refractivity (Wildman–Crippen MR) is 77.5 cm³/mol. The monoisotopic (exact) mass is 275 g/mol. The Bertz CT molecular complexity index is 581. The predicted octanol–water partition coefficient (Wildman–Crippen LogP) is 3.63. The van der Waals surface area contributed by atoms with Gasteiger partial charge in [0.25, 0.3) is 0 Å². The van der Waals surface area contributed by atoms with Gasteiger partial charge < -0.3 is 5.73 Å². The van der Waals surface area contributed by atoms with E-state index in [1.54, 1.807) is 18.2 Å². The van der Waals surface area contributed by atoms with Gasteiger partial charge in [-0.15, -0.1) is 0 Å². The number of hydrogen-bond donors (Lipinski definition) is 1. The molecule has 1 atom stereocenters. The summed E-state index contributed by atoms with van der Waals surface area (Å²) in [5.74, 6) is -0.275. The lowest BCUT2D eigenvalue weighted by Crippen LogP contribution is -2.20. The number of halogens is 2. The quantitative estimate of drug-likeness (QED) is 0.886. The van der Waals surface area contributed by atoms with Crippen LogP contribution in [0.5, 0.6) is 0 Å². The topological polar surface area (TPSA) is 26.0 Å². The summed E-state index contributed by atoms with van der Waals surface area (Å²) in [6.07, 6.45) is 1.33. The first kappa shape index (κ1) is 14.7. The highest BCUT2D eigenvalue weighted by atomic mass is 19.1. The van der Waals surface area contributed by atoms with E-state index in [4.69, 9.17) is 5.73 Å². The third kappa shape index (κ3) is 3.64. The van der Waals surface area contributed by atoms with E-state index in [0.29, 0.717) is 18.5 Å². The fourth-order valence-electron chi connectivity index (χ4n) is 2.41. The van der Waals surface area contributed by atoms with Crippen molar-refractivity contribution in [3.63, 3.8) is 0 Å². The molecule has 0 fully saturated rings. The first-order chi connectivity index (χ1) is 9.60. The summed E-state index contributed by atoms with van der Waals surface area (Å²) < 4.78 is 26.8. The van der Waals surface area contributed by atoms with Crippen molar-refractivity contribution in [3.8, 4) is 0 Å². The Hall–Kier alpha value is -1.74. The third-order valence-electron chi connectivity index (χ3n) is 3.61. The summed E-state index contributed by atoms with van der Waals surface area (Å²) in [5, 5.41) is 0. The number of benzene rings is 2. The lowest BCUT2D eigenvalue weighted by molar-refractivity contribution is 0.510. The van der Waals surface area contributed by atoms with Crippen molar-refractivity contribution in [2.45, 2.75) is 19.8 Å². The minimum absolute atomic E-state index is 0.149. The van der Waals surface area contributed by atoms with Gasteiger partial charge in [-0.25, -0.2) is 8.78 Å². The van der Waals surface area contributed by atoms with Gasteiger partial charge in [-0.2, -0.15) is 0 Å². The van der Waals surface area contributed by atoms with Crippen LogP contribution in [0.4, 0.5) is 8.78 Å². The van der Waals surface area contributed by atoms with Gasteiger partial charge in [-0.05, 0) is 67.1 Å². The molecule has 2 aromatic rings. The van der Waals surface area contributed by atoms with Gasteiger partial charge in [-0.3, -0.25) is 0 Å². The standard InChI is InChI=1S/C17H19F2N/c1-12-8-16(18)7-6-14(12)9-13(11-20)10-15-4-2-3-5-17(15)19/h2-8,13H,9-11,20H2,1H3. The average Bonchev–Trinajstić information content (AvgIpc) is 2.43. The zero-order valence-corrected chi connectivity index (χ0v) is 11.6. The van der Waals surface area contributed by atoms with Crippen LogP contribution in [0.3, 0.4) is 0 Å². The second-order valence-corrected chi connectivity index (χ2v) is 5.17. The van der Waals surface area contributed by atoms with Crippen molar-refractivity contribution in [1.82, 2.24) is 0 Å². The second-order valence-electron chi connectivity index (χ2n) is 5.17. The van der Waals surface area contributed by atoms with Gasteiger partial charge in [-0.1, -0.05) is 24.3 Å². The third-order valence-corrected chi connectivity index (χ3v) is 3.61. The van der Waals surface area contributed by atoms with Crippen LogP contribution in [-0.4, -0.2) is 6.54 Å². The van der Waals surface area contributed by atoms with Crippen LogP contribution in [0.25, 0.3) is 0 Å². The van der Waals surface area contributed by atoms with Crippen LogP contribution in [-0.2, 0) is 12.8 Å². The fraction of sp³-hybridized carbons (Fsp3) is 0.294. The zero-order valence-electron chi connectivity index (χ0n) is 11.6. The number of aryl methyl sites for hydroxylation is 1. The molecule has 0 saturated heterocycles. The molecule has 0 aliphatic carbocycles. The van der Waals surface area contributed by atoms with Crippen molar-refractivity contribution in [2.75, 3.05) is 6.54 Å². The van der Waals surface area contributed by atoms with Crippen LogP contribution < -0.4 is 5.73 Å². The molecule has 0 bridgehead atoms. The molecule has 0 spiro atoms. The van der Waals surface area contributed by atoms with E-state index in [1.165, 1.54) is 18.2 Å². The molecule has 0 aromatic heterocycles. The molecule has 0 heterocycles. The maximum Gasteiger partial charge on any atom is 0.126 e. The summed E-state index contributed by atoms with van der Waals surface area (Å²) >= 11 is 0.